The van der Waals surface area contributed by atoms with E-state index in [0.717, 1.165) is 18.6 Å². The molecule has 2 bridgehead atoms. The van der Waals surface area contributed by atoms with E-state index in [-0.39, 0.29) is 24.1 Å². The average Bonchev–Trinajstić information content (AvgIpc) is 3.00. The number of carbonyl (C=O) groups excluding carboxylic acids is 1. The van der Waals surface area contributed by atoms with Crippen molar-refractivity contribution < 1.29 is 18.8 Å². The number of pyridine rings is 1. The van der Waals surface area contributed by atoms with Crippen LogP contribution in [0.5, 0.6) is 5.75 Å². The number of amides is 1. The van der Waals surface area contributed by atoms with Crippen LogP contribution in [0.25, 0.3) is 0 Å². The number of rotatable bonds is 3. The Hall–Kier alpha value is -2.41. The van der Waals surface area contributed by atoms with E-state index in [0.29, 0.717) is 24.5 Å². The quantitative estimate of drug-likeness (QED) is 0.855. The second-order valence-corrected chi connectivity index (χ2v) is 6.25. The molecule has 7 nitrogen and oxygen atoms in total. The first-order chi connectivity index (χ1) is 11.7. The van der Waals surface area contributed by atoms with Crippen molar-refractivity contribution in [1.29, 1.82) is 0 Å². The lowest BCUT2D eigenvalue weighted by atomic mass is 9.91. The van der Waals surface area contributed by atoms with Gasteiger partial charge in [0.1, 0.15) is 23.2 Å². The normalized spacial score (nSPS) is 26.2. The number of hydrogen-bond donors (Lipinski definition) is 0. The molecule has 0 saturated carbocycles. The molecule has 4 rings (SSSR count). The zero-order valence-corrected chi connectivity index (χ0v) is 13.4. The molecule has 7 heteroatoms. The molecule has 0 spiro atoms. The van der Waals surface area contributed by atoms with Gasteiger partial charge in [0.2, 0.25) is 0 Å². The van der Waals surface area contributed by atoms with Gasteiger partial charge in [0, 0.05) is 19.0 Å². The summed E-state index contributed by atoms with van der Waals surface area (Å²) in [6.45, 7) is 2.81. The smallest absolute Gasteiger partial charge is 0.259 e. The Labute approximate surface area is 139 Å². The lowest BCUT2D eigenvalue weighted by Crippen LogP contribution is -2.60. The monoisotopic (exact) mass is 329 g/mol. The molecule has 0 N–H and O–H groups in total. The number of fused-ring (bicyclic) bond motifs is 2. The predicted octanol–water partition coefficient (Wildman–Crippen LogP) is 1.83. The highest BCUT2D eigenvalue weighted by Crippen LogP contribution is 2.32. The summed E-state index contributed by atoms with van der Waals surface area (Å²) in [7, 11) is 0. The van der Waals surface area contributed by atoms with Crippen molar-refractivity contribution in [3.8, 4) is 5.75 Å². The fraction of sp³-hybridized carbons (Fsp3) is 0.471. The van der Waals surface area contributed by atoms with Crippen LogP contribution in [0.2, 0.25) is 0 Å². The largest absolute Gasteiger partial charge is 0.489 e. The molecule has 24 heavy (non-hydrogen) atoms. The van der Waals surface area contributed by atoms with Crippen LogP contribution in [-0.4, -0.2) is 52.3 Å². The van der Waals surface area contributed by atoms with Crippen LogP contribution in [0.4, 0.5) is 0 Å². The summed E-state index contributed by atoms with van der Waals surface area (Å²) in [5.74, 6) is 1.27. The second kappa shape index (κ2) is 6.24. The van der Waals surface area contributed by atoms with E-state index < -0.39 is 0 Å². The van der Waals surface area contributed by atoms with Gasteiger partial charge in [-0.1, -0.05) is 5.16 Å². The average molecular weight is 329 g/mol. The molecular formula is C17H19N3O4. The molecule has 2 aromatic heterocycles. The standard InChI is InChI=1S/C17H19N3O4/c1-11-16(8-19-24-11)17(21)20-12-5-15(6-13(20)10-22-9-12)23-14-3-2-4-18-7-14/h2-4,7-8,12-13,15H,5-6,9-10H2,1H3/t12-,13-/m1/s1. The Balaban J connectivity index is 1.51. The lowest BCUT2D eigenvalue weighted by molar-refractivity contribution is -0.0824. The van der Waals surface area contributed by atoms with Crippen molar-refractivity contribution in [2.75, 3.05) is 13.2 Å². The van der Waals surface area contributed by atoms with E-state index in [4.69, 9.17) is 14.0 Å². The van der Waals surface area contributed by atoms with Crippen LogP contribution in [0, 0.1) is 6.92 Å². The number of piperidine rings is 1. The molecule has 2 saturated heterocycles. The molecule has 1 amide bonds. The van der Waals surface area contributed by atoms with E-state index >= 15 is 0 Å². The zero-order chi connectivity index (χ0) is 16.5. The Morgan fingerprint density at radius 3 is 2.71 bits per heavy atom. The number of ether oxygens (including phenoxy) is 2. The van der Waals surface area contributed by atoms with Gasteiger partial charge in [-0.2, -0.15) is 0 Å². The van der Waals surface area contributed by atoms with Gasteiger partial charge >= 0.3 is 0 Å². The third-order valence-corrected chi connectivity index (χ3v) is 4.63. The summed E-state index contributed by atoms with van der Waals surface area (Å²) in [6, 6.07) is 3.76. The Morgan fingerprint density at radius 2 is 2.08 bits per heavy atom. The van der Waals surface area contributed by atoms with Gasteiger partial charge in [-0.3, -0.25) is 9.78 Å². The molecule has 0 unspecified atom stereocenters. The minimum absolute atomic E-state index is 0.000899. The van der Waals surface area contributed by atoms with Gasteiger partial charge < -0.3 is 18.9 Å². The van der Waals surface area contributed by atoms with Crippen LogP contribution in [0.1, 0.15) is 29.0 Å². The van der Waals surface area contributed by atoms with Gasteiger partial charge in [0.25, 0.3) is 5.91 Å². The summed E-state index contributed by atoms with van der Waals surface area (Å²) in [5, 5.41) is 3.72. The maximum absolute atomic E-state index is 12.9. The Bertz CT molecular complexity index is 704. The first-order valence-corrected chi connectivity index (χ1v) is 8.10. The summed E-state index contributed by atoms with van der Waals surface area (Å²) in [6.07, 6.45) is 6.46. The Morgan fingerprint density at radius 1 is 1.29 bits per heavy atom. The van der Waals surface area contributed by atoms with E-state index in [1.54, 1.807) is 19.3 Å². The number of aromatic nitrogens is 2. The van der Waals surface area contributed by atoms with Crippen LogP contribution in [-0.2, 0) is 4.74 Å². The molecule has 2 atom stereocenters. The van der Waals surface area contributed by atoms with E-state index in [1.807, 2.05) is 17.0 Å². The zero-order valence-electron chi connectivity index (χ0n) is 13.4. The van der Waals surface area contributed by atoms with Crippen molar-refractivity contribution in [3.63, 3.8) is 0 Å². The molecule has 0 radical (unpaired) electrons. The molecule has 4 heterocycles. The number of hydrogen-bond acceptors (Lipinski definition) is 6. The molecule has 2 aromatic rings. The van der Waals surface area contributed by atoms with Crippen LogP contribution in [0.3, 0.4) is 0 Å². The molecule has 126 valence electrons. The molecule has 2 fully saturated rings. The number of aryl methyl sites for hydroxylation is 1. The fourth-order valence-electron chi connectivity index (χ4n) is 3.55. The molecule has 0 aliphatic carbocycles. The first-order valence-electron chi connectivity index (χ1n) is 8.10. The van der Waals surface area contributed by atoms with Gasteiger partial charge in [0.05, 0.1) is 37.7 Å². The van der Waals surface area contributed by atoms with Crippen LogP contribution < -0.4 is 4.74 Å². The SMILES string of the molecule is Cc1oncc1C(=O)N1[C@H]2COC[C@H]1CC(Oc1cccnc1)C2. The number of carbonyl (C=O) groups is 1. The number of morpholine rings is 1. The van der Waals surface area contributed by atoms with E-state index in [2.05, 4.69) is 10.1 Å². The third kappa shape index (κ3) is 2.75. The van der Waals surface area contributed by atoms with Gasteiger partial charge in [-0.05, 0) is 19.1 Å². The highest BCUT2D eigenvalue weighted by Gasteiger charge is 2.43. The van der Waals surface area contributed by atoms with Crippen LogP contribution >= 0.6 is 0 Å². The van der Waals surface area contributed by atoms with Crippen molar-refractivity contribution in [1.82, 2.24) is 15.0 Å². The molecule has 2 aliphatic rings. The Kier molecular flexibility index (Phi) is 3.93. The highest BCUT2D eigenvalue weighted by molar-refractivity contribution is 5.95. The molecular weight excluding hydrogens is 310 g/mol. The molecule has 0 aromatic carbocycles. The summed E-state index contributed by atoms with van der Waals surface area (Å²) in [4.78, 5) is 18.9. The van der Waals surface area contributed by atoms with Gasteiger partial charge in [0.15, 0.2) is 0 Å². The predicted molar refractivity (Wildman–Crippen MR) is 83.7 cm³/mol. The van der Waals surface area contributed by atoms with Crippen molar-refractivity contribution in [2.45, 2.75) is 38.0 Å². The molecule has 2 aliphatic heterocycles. The van der Waals surface area contributed by atoms with E-state index in [1.165, 1.54) is 6.20 Å². The summed E-state index contributed by atoms with van der Waals surface area (Å²) in [5.41, 5.74) is 0.526. The minimum Gasteiger partial charge on any atom is -0.489 e. The van der Waals surface area contributed by atoms with Crippen molar-refractivity contribution in [3.05, 3.63) is 42.0 Å². The second-order valence-electron chi connectivity index (χ2n) is 6.25. The highest BCUT2D eigenvalue weighted by atomic mass is 16.5. The maximum atomic E-state index is 12.9. The third-order valence-electron chi connectivity index (χ3n) is 4.63. The summed E-state index contributed by atoms with van der Waals surface area (Å²) >= 11 is 0. The number of nitrogens with zero attached hydrogens (tertiary/aromatic N) is 3. The van der Waals surface area contributed by atoms with Crippen LogP contribution in [0.15, 0.2) is 35.2 Å². The maximum Gasteiger partial charge on any atom is 0.259 e. The van der Waals surface area contributed by atoms with Crippen molar-refractivity contribution in [2.24, 2.45) is 0 Å². The van der Waals surface area contributed by atoms with Crippen molar-refractivity contribution >= 4 is 5.91 Å². The van der Waals surface area contributed by atoms with Gasteiger partial charge in [-0.25, -0.2) is 0 Å². The summed E-state index contributed by atoms with van der Waals surface area (Å²) < 4.78 is 16.7. The topological polar surface area (TPSA) is 77.7 Å². The minimum atomic E-state index is -0.0353. The lowest BCUT2D eigenvalue weighted by Gasteiger charge is -2.48. The first kappa shape index (κ1) is 15.1. The fourth-order valence-corrected chi connectivity index (χ4v) is 3.55. The van der Waals surface area contributed by atoms with E-state index in [9.17, 15) is 4.79 Å². The van der Waals surface area contributed by atoms with Gasteiger partial charge in [-0.15, -0.1) is 0 Å².